The van der Waals surface area contributed by atoms with E-state index < -0.39 is 127 Å². The van der Waals surface area contributed by atoms with Crippen LogP contribution in [0.1, 0.15) is 67.5 Å². The molecule has 0 aliphatic rings. The van der Waals surface area contributed by atoms with E-state index >= 15 is 0 Å². The maximum Gasteiger partial charge on any atom is 0.326 e. The fraction of sp³-hybridized carbons (Fsp3) is 0.439. The topological polar surface area (TPSA) is 556 Å². The Balaban J connectivity index is 1.45. The molecule has 91 heavy (non-hydrogen) atoms. The van der Waals surface area contributed by atoms with Crippen LogP contribution in [0.15, 0.2) is 95.8 Å². The molecule has 0 unspecified atom stereocenters. The number of amides is 8. The van der Waals surface area contributed by atoms with Crippen LogP contribution in [-0.4, -0.2) is 197 Å². The summed E-state index contributed by atoms with van der Waals surface area (Å²) in [6.45, 7) is -1.12. The van der Waals surface area contributed by atoms with Crippen molar-refractivity contribution in [2.75, 3.05) is 31.7 Å². The number of fused-ring (bicyclic) bond motifs is 1. The number of aliphatic imine (C=N–C) groups is 2. The van der Waals surface area contributed by atoms with Crippen LogP contribution >= 0.6 is 11.8 Å². The zero-order valence-corrected chi connectivity index (χ0v) is 50.7. The van der Waals surface area contributed by atoms with Crippen LogP contribution in [0, 0.1) is 0 Å². The van der Waals surface area contributed by atoms with Gasteiger partial charge in [0.2, 0.25) is 47.3 Å². The maximum absolute atomic E-state index is 15.0. The van der Waals surface area contributed by atoms with E-state index in [4.69, 9.17) is 28.7 Å². The molecule has 9 atom stereocenters. The van der Waals surface area contributed by atoms with Crippen LogP contribution in [0.2, 0.25) is 0 Å². The highest BCUT2D eigenvalue weighted by molar-refractivity contribution is 7.98. The average Bonchev–Trinajstić information content (AvgIpc) is 1.96. The number of imidazole rings is 2. The number of aliphatic hydroxyl groups is 1. The lowest BCUT2D eigenvalue weighted by molar-refractivity contribution is -0.142. The fourth-order valence-electron chi connectivity index (χ4n) is 9.27. The van der Waals surface area contributed by atoms with Crippen molar-refractivity contribution in [3.8, 4) is 0 Å². The summed E-state index contributed by atoms with van der Waals surface area (Å²) >= 11 is 1.44. The van der Waals surface area contributed by atoms with E-state index in [9.17, 15) is 63.3 Å². The number of aromatic amines is 3. The molecule has 0 aliphatic carbocycles. The van der Waals surface area contributed by atoms with Gasteiger partial charge in [-0.1, -0.05) is 48.5 Å². The first-order valence-electron chi connectivity index (χ1n) is 28.9. The van der Waals surface area contributed by atoms with Gasteiger partial charge < -0.3 is 101 Å². The van der Waals surface area contributed by atoms with Crippen LogP contribution in [0.5, 0.6) is 0 Å². The molecule has 0 fully saturated rings. The largest absolute Gasteiger partial charge is 0.481 e. The van der Waals surface area contributed by atoms with Crippen molar-refractivity contribution < 1.29 is 63.3 Å². The van der Waals surface area contributed by atoms with Crippen molar-refractivity contribution in [3.05, 3.63) is 108 Å². The molecule has 0 bridgehead atoms. The third-order valence-corrected chi connectivity index (χ3v) is 14.7. The third kappa shape index (κ3) is 24.4. The molecule has 5 rings (SSSR count). The van der Waals surface area contributed by atoms with Gasteiger partial charge in [0.25, 0.3) is 0 Å². The lowest BCUT2D eigenvalue weighted by Crippen LogP contribution is -2.61. The number of aliphatic hydroxyl groups excluding tert-OH is 1. The minimum atomic E-state index is -1.80. The molecule has 492 valence electrons. The number of rotatable bonds is 40. The molecule has 0 saturated carbocycles. The van der Waals surface area contributed by atoms with E-state index in [1.54, 1.807) is 60.8 Å². The average molecular weight is 1290 g/mol. The first-order chi connectivity index (χ1) is 43.5. The van der Waals surface area contributed by atoms with Crippen molar-refractivity contribution in [3.63, 3.8) is 0 Å². The number of nitrogens with one attached hydrogen (secondary N) is 11. The molecule has 2 aromatic carbocycles. The zero-order valence-electron chi connectivity index (χ0n) is 49.9. The van der Waals surface area contributed by atoms with E-state index in [2.05, 4.69) is 77.4 Å². The number of hydrogen-bond acceptors (Lipinski definition) is 17. The molecule has 34 heteroatoms. The molecule has 24 N–H and O–H groups in total. The first kappa shape index (κ1) is 71.7. The normalized spacial score (nSPS) is 14.0. The number of carbonyl (C=O) groups excluding carboxylic acids is 8. The number of hydrogen-bond donors (Lipinski definition) is 19. The number of nitrogens with zero attached hydrogens (tertiary/aromatic N) is 4. The van der Waals surface area contributed by atoms with Crippen LogP contribution in [0.25, 0.3) is 10.9 Å². The summed E-state index contributed by atoms with van der Waals surface area (Å²) in [6.07, 6.45) is 6.99. The second kappa shape index (κ2) is 37.0. The SMILES string of the molecule is CSCC[C@H](N)C(=O)N[C@@H](CCC(=O)O)C(=O)N[C@@H](Cc1ccccc1)C(=O)N[C@@H](Cc1cnc[nH]1)C(=O)N[C@@H](Cc1c[nH]c2ccccc12)C(=O)N[C@@H](CCCN=C(N)N)C(=O)N[C@@H](CO)C(=O)N[C@@H](CCCN=C(N)N)C(=O)N[C@@H](Cc1cnc[nH]1)C(=O)O. The van der Waals surface area contributed by atoms with Gasteiger partial charge in [-0.15, -0.1) is 0 Å². The van der Waals surface area contributed by atoms with Crippen molar-refractivity contribution >= 4 is 93.8 Å². The molecule has 0 aliphatic heterocycles. The van der Waals surface area contributed by atoms with Gasteiger partial charge >= 0.3 is 11.9 Å². The first-order valence-corrected chi connectivity index (χ1v) is 30.3. The van der Waals surface area contributed by atoms with Gasteiger partial charge in [-0.25, -0.2) is 14.8 Å². The number of H-pyrrole nitrogens is 3. The predicted molar refractivity (Wildman–Crippen MR) is 335 cm³/mol. The van der Waals surface area contributed by atoms with Gasteiger partial charge in [0.1, 0.15) is 48.3 Å². The van der Waals surface area contributed by atoms with Crippen molar-refractivity contribution in [1.29, 1.82) is 0 Å². The number of carboxylic acid groups (broad SMARTS) is 2. The Hall–Kier alpha value is -10.1. The lowest BCUT2D eigenvalue weighted by atomic mass is 10.0. The van der Waals surface area contributed by atoms with E-state index in [1.165, 1.54) is 36.8 Å². The van der Waals surface area contributed by atoms with E-state index in [1.807, 2.05) is 6.26 Å². The summed E-state index contributed by atoms with van der Waals surface area (Å²) in [7, 11) is 0. The van der Waals surface area contributed by atoms with Crippen molar-refractivity contribution in [2.24, 2.45) is 38.7 Å². The highest BCUT2D eigenvalue weighted by Gasteiger charge is 2.36. The Labute approximate surface area is 526 Å². The van der Waals surface area contributed by atoms with Crippen molar-refractivity contribution in [2.45, 2.75) is 125 Å². The summed E-state index contributed by atoms with van der Waals surface area (Å²) in [4.78, 5) is 163. The second-order valence-corrected chi connectivity index (χ2v) is 22.0. The van der Waals surface area contributed by atoms with E-state index in [0.29, 0.717) is 39.2 Å². The summed E-state index contributed by atoms with van der Waals surface area (Å²) in [5.41, 5.74) is 30.6. The molecule has 5 aromatic rings. The molecular weight excluding hydrogens is 1200 g/mol. The third-order valence-electron chi connectivity index (χ3n) is 14.1. The maximum atomic E-state index is 15.0. The number of para-hydroxylation sites is 1. The van der Waals surface area contributed by atoms with Crippen molar-refractivity contribution in [1.82, 2.24) is 67.5 Å². The standard InChI is InChI=1S/C57H80N20O13S/c1-91-20-17-36(58)47(81)70-40(15-16-46(79)80)50(84)73-41(21-31-9-3-2-4-10-31)51(85)75-43(23-33-26-63-29-68-33)53(87)74-42(22-32-25-67-37-12-6-5-11-35(32)37)52(86)71-39(14-8-19-66-57(61)62)49(83)77-45(28-78)54(88)72-38(13-7-18-65-56(59)60)48(82)76-44(55(89)90)24-34-27-64-30-69-34/h2-6,9-12,25-27,29-30,36,38-45,67,78H,7-8,13-24,28,58H2,1H3,(H,63,68)(H,64,69)(H,70,81)(H,71,86)(H,72,88)(H,73,84)(H,74,87)(H,75,85)(H,76,82)(H,77,83)(H,79,80)(H,89,90)(H4,59,60,65)(H4,61,62,66)/t36-,38-,39-,40-,41-,42-,43-,44-,45-/m0/s1. The molecule has 33 nitrogen and oxygen atoms in total. The van der Waals surface area contributed by atoms with Crippen LogP contribution in [0.3, 0.4) is 0 Å². The lowest BCUT2D eigenvalue weighted by Gasteiger charge is -2.28. The molecule has 0 spiro atoms. The zero-order chi connectivity index (χ0) is 66.4. The van der Waals surface area contributed by atoms with Gasteiger partial charge in [0.05, 0.1) is 25.3 Å². The quantitative estimate of drug-likeness (QED) is 0.0101. The van der Waals surface area contributed by atoms with Gasteiger partial charge in [-0.3, -0.25) is 53.1 Å². The van der Waals surface area contributed by atoms with Crippen LogP contribution in [0.4, 0.5) is 0 Å². The van der Waals surface area contributed by atoms with Gasteiger partial charge in [-0.2, -0.15) is 11.8 Å². The number of carboxylic acids is 2. The Morgan fingerprint density at radius 2 is 0.967 bits per heavy atom. The van der Waals surface area contributed by atoms with Gasteiger partial charge in [0.15, 0.2) is 11.9 Å². The minimum Gasteiger partial charge on any atom is -0.481 e. The Kier molecular flexibility index (Phi) is 29.2. The molecular formula is C57H80N20O13S. The molecule has 0 radical (unpaired) electrons. The fourth-order valence-corrected chi connectivity index (χ4v) is 9.76. The summed E-state index contributed by atoms with van der Waals surface area (Å²) < 4.78 is 0. The Bertz CT molecular complexity index is 3270. The number of carbonyl (C=O) groups is 10. The number of aromatic nitrogens is 5. The van der Waals surface area contributed by atoms with Gasteiger partial charge in [-0.05, 0) is 67.7 Å². The summed E-state index contributed by atoms with van der Waals surface area (Å²) in [6, 6.07) is 2.10. The molecule has 3 heterocycles. The van der Waals surface area contributed by atoms with Crippen LogP contribution < -0.4 is 71.2 Å². The number of nitrogens with two attached hydrogens (primary N) is 5. The van der Waals surface area contributed by atoms with Gasteiger partial charge in [0, 0.05) is 86.1 Å². The number of thioether (sulfide) groups is 1. The van der Waals surface area contributed by atoms with E-state index in [-0.39, 0.29) is 89.2 Å². The predicted octanol–water partition coefficient (Wildman–Crippen LogP) is -4.11. The molecule has 0 saturated heterocycles. The van der Waals surface area contributed by atoms with Crippen LogP contribution in [-0.2, 0) is 73.6 Å². The number of aliphatic carboxylic acids is 2. The monoisotopic (exact) mass is 1280 g/mol. The highest BCUT2D eigenvalue weighted by atomic mass is 32.2. The highest BCUT2D eigenvalue weighted by Crippen LogP contribution is 2.20. The minimum absolute atomic E-state index is 0.00629. The Morgan fingerprint density at radius 3 is 1.46 bits per heavy atom. The number of benzene rings is 2. The Morgan fingerprint density at radius 1 is 0.527 bits per heavy atom. The molecule has 3 aromatic heterocycles. The summed E-state index contributed by atoms with van der Waals surface area (Å²) in [5.74, 6) is -10.3. The number of guanidine groups is 2. The second-order valence-electron chi connectivity index (χ2n) is 21.0. The summed E-state index contributed by atoms with van der Waals surface area (Å²) in [5, 5.41) is 51.3. The molecule has 8 amide bonds. The van der Waals surface area contributed by atoms with E-state index in [0.717, 1.165) is 0 Å². The smallest absolute Gasteiger partial charge is 0.326 e.